The van der Waals surface area contributed by atoms with Crippen molar-refractivity contribution in [3.8, 4) is 0 Å². The molecule has 0 aliphatic heterocycles. The van der Waals surface area contributed by atoms with Crippen molar-refractivity contribution in [3.63, 3.8) is 0 Å². The van der Waals surface area contributed by atoms with Crippen molar-refractivity contribution in [2.45, 2.75) is 0 Å². The average Bonchev–Trinajstić information content (AvgIpc) is 2.83. The van der Waals surface area contributed by atoms with E-state index in [9.17, 15) is 4.79 Å². The molecule has 0 bridgehead atoms. The Labute approximate surface area is 127 Å². The number of hydrogen-bond donors (Lipinski definition) is 3. The maximum absolute atomic E-state index is 11.4. The molecule has 8 heteroatoms. The van der Waals surface area contributed by atoms with Gasteiger partial charge in [-0.2, -0.15) is 0 Å². The van der Waals surface area contributed by atoms with Gasteiger partial charge in [-0.15, -0.1) is 11.3 Å². The van der Waals surface area contributed by atoms with E-state index in [1.807, 2.05) is 24.3 Å². The Balaban J connectivity index is 2.20. The topological polar surface area (TPSA) is 134 Å². The first kappa shape index (κ1) is 12.7. The van der Waals surface area contributed by atoms with Crippen LogP contribution < -0.4 is 17.2 Å². The molecule has 0 saturated carbocycles. The van der Waals surface area contributed by atoms with Gasteiger partial charge >= 0.3 is 0 Å². The van der Waals surface area contributed by atoms with Crippen LogP contribution in [0.4, 0.5) is 11.4 Å². The minimum Gasteiger partial charge on any atom is -0.397 e. The number of fused-ring (bicyclic) bond motifs is 3. The van der Waals surface area contributed by atoms with Gasteiger partial charge in [-0.1, -0.05) is 12.1 Å². The molecule has 3 heterocycles. The second-order valence-corrected chi connectivity index (χ2v) is 5.80. The Kier molecular flexibility index (Phi) is 2.46. The largest absolute Gasteiger partial charge is 0.397 e. The molecule has 0 fully saturated rings. The molecule has 6 N–H and O–H groups in total. The fraction of sp³-hybridized carbons (Fsp3) is 0. The first-order chi connectivity index (χ1) is 10.6. The van der Waals surface area contributed by atoms with Crippen LogP contribution in [0.15, 0.2) is 24.3 Å². The molecule has 1 amide bonds. The number of carbonyl (C=O) groups excluding carboxylic acids is 1. The highest BCUT2D eigenvalue weighted by Gasteiger charge is 2.20. The number of carbonyl (C=O) groups is 1. The lowest BCUT2D eigenvalue weighted by Crippen LogP contribution is -2.10. The summed E-state index contributed by atoms with van der Waals surface area (Å²) in [4.78, 5) is 25.6. The first-order valence-corrected chi connectivity index (χ1v) is 7.21. The molecule has 0 saturated heterocycles. The minimum atomic E-state index is -0.602. The van der Waals surface area contributed by atoms with Gasteiger partial charge in [-0.3, -0.25) is 4.79 Å². The highest BCUT2D eigenvalue weighted by Crippen LogP contribution is 2.38. The van der Waals surface area contributed by atoms with E-state index in [0.29, 0.717) is 32.6 Å². The summed E-state index contributed by atoms with van der Waals surface area (Å²) in [5.41, 5.74) is 20.4. The predicted molar refractivity (Wildman–Crippen MR) is 87.6 cm³/mol. The van der Waals surface area contributed by atoms with Gasteiger partial charge in [-0.05, 0) is 12.1 Å². The van der Waals surface area contributed by atoms with Gasteiger partial charge in [-0.25, -0.2) is 15.0 Å². The molecule has 0 unspecified atom stereocenters. The maximum atomic E-state index is 11.4. The van der Waals surface area contributed by atoms with E-state index in [1.165, 1.54) is 0 Å². The van der Waals surface area contributed by atoms with Gasteiger partial charge < -0.3 is 17.2 Å². The van der Waals surface area contributed by atoms with Crippen molar-refractivity contribution in [1.82, 2.24) is 15.0 Å². The van der Waals surface area contributed by atoms with Crippen molar-refractivity contribution < 1.29 is 4.79 Å². The Morgan fingerprint density at radius 1 is 1.00 bits per heavy atom. The molecule has 0 spiro atoms. The number of aromatic nitrogens is 3. The van der Waals surface area contributed by atoms with Gasteiger partial charge in [0.05, 0.1) is 27.8 Å². The van der Waals surface area contributed by atoms with E-state index in [2.05, 4.69) is 15.0 Å². The lowest BCUT2D eigenvalue weighted by Gasteiger charge is -2.04. The molecule has 22 heavy (non-hydrogen) atoms. The van der Waals surface area contributed by atoms with Crippen LogP contribution in [0, 0.1) is 0 Å². The number of nitrogen functional groups attached to an aromatic ring is 2. The first-order valence-electron chi connectivity index (χ1n) is 6.40. The van der Waals surface area contributed by atoms with Crippen LogP contribution in [-0.4, -0.2) is 20.9 Å². The monoisotopic (exact) mass is 310 g/mol. The second kappa shape index (κ2) is 4.25. The maximum Gasteiger partial charge on any atom is 0.260 e. The summed E-state index contributed by atoms with van der Waals surface area (Å²) in [6.45, 7) is 0. The lowest BCUT2D eigenvalue weighted by atomic mass is 10.2. The number of primary amides is 1. The van der Waals surface area contributed by atoms with E-state index in [4.69, 9.17) is 17.2 Å². The summed E-state index contributed by atoms with van der Waals surface area (Å²) in [5, 5.41) is 0.510. The van der Waals surface area contributed by atoms with Gasteiger partial charge in [0.25, 0.3) is 5.91 Å². The molecule has 0 aliphatic rings. The number of amides is 1. The molecule has 4 aromatic rings. The predicted octanol–water partition coefficient (Wildman–Crippen LogP) is 1.66. The number of nitrogens with zero attached hydrogens (tertiary/aromatic N) is 3. The summed E-state index contributed by atoms with van der Waals surface area (Å²) < 4.78 is 0. The van der Waals surface area contributed by atoms with Crippen LogP contribution >= 0.6 is 11.3 Å². The van der Waals surface area contributed by atoms with Crippen molar-refractivity contribution in [1.29, 1.82) is 0 Å². The fourth-order valence-electron chi connectivity index (χ4n) is 2.42. The third-order valence-electron chi connectivity index (χ3n) is 3.43. The Hall–Kier alpha value is -3.00. The van der Waals surface area contributed by atoms with Gasteiger partial charge in [0.15, 0.2) is 5.65 Å². The molecular formula is C14H10N6OS. The van der Waals surface area contributed by atoms with Crippen molar-refractivity contribution in [2.75, 3.05) is 11.5 Å². The zero-order chi connectivity index (χ0) is 15.4. The molecule has 0 atom stereocenters. The Morgan fingerprint density at radius 2 is 1.68 bits per heavy atom. The molecule has 0 aliphatic carbocycles. The number of rotatable bonds is 1. The van der Waals surface area contributed by atoms with E-state index >= 15 is 0 Å². The van der Waals surface area contributed by atoms with Crippen LogP contribution in [0.5, 0.6) is 0 Å². The molecule has 7 nitrogen and oxygen atoms in total. The summed E-state index contributed by atoms with van der Waals surface area (Å²) >= 11 is 1.11. The molecule has 1 aromatic carbocycles. The third-order valence-corrected chi connectivity index (χ3v) is 4.55. The standard InChI is InChI=1S/C14H10N6OS/c15-8-7-9(16)11(12(17)21)22-14(7)20-13-10(8)18-5-3-1-2-4-6(5)19-13/h1-4H,16H2,(H2,17,21)(H2,15,19,20). The van der Waals surface area contributed by atoms with E-state index in [1.54, 1.807) is 0 Å². The van der Waals surface area contributed by atoms with Crippen molar-refractivity contribution >= 4 is 61.0 Å². The third kappa shape index (κ3) is 1.61. The van der Waals surface area contributed by atoms with Gasteiger partial charge in [0, 0.05) is 0 Å². The SMILES string of the molecule is NC(=O)c1sc2nc3nc4ccccc4nc3c(N)c2c1N. The molecule has 3 aromatic heterocycles. The molecular weight excluding hydrogens is 300 g/mol. The van der Waals surface area contributed by atoms with Gasteiger partial charge in [0.1, 0.15) is 15.2 Å². The number of thiophene rings is 1. The highest BCUT2D eigenvalue weighted by molar-refractivity contribution is 7.21. The number of benzene rings is 1. The summed E-state index contributed by atoms with van der Waals surface area (Å²) in [6, 6.07) is 7.44. The van der Waals surface area contributed by atoms with E-state index < -0.39 is 5.91 Å². The highest BCUT2D eigenvalue weighted by atomic mass is 32.1. The van der Waals surface area contributed by atoms with E-state index in [0.717, 1.165) is 16.9 Å². The number of pyridine rings is 1. The second-order valence-electron chi connectivity index (χ2n) is 4.80. The van der Waals surface area contributed by atoms with Crippen LogP contribution in [0.3, 0.4) is 0 Å². The lowest BCUT2D eigenvalue weighted by molar-refractivity contribution is 0.100. The van der Waals surface area contributed by atoms with Crippen LogP contribution in [0.1, 0.15) is 9.67 Å². The number of hydrogen-bond acceptors (Lipinski definition) is 7. The zero-order valence-corrected chi connectivity index (χ0v) is 12.0. The quantitative estimate of drug-likeness (QED) is 0.458. The number of nitrogens with two attached hydrogens (primary N) is 3. The smallest absolute Gasteiger partial charge is 0.260 e. The average molecular weight is 310 g/mol. The van der Waals surface area contributed by atoms with Crippen LogP contribution in [0.25, 0.3) is 32.4 Å². The zero-order valence-electron chi connectivity index (χ0n) is 11.2. The Morgan fingerprint density at radius 3 is 2.36 bits per heavy atom. The number of para-hydroxylation sites is 2. The van der Waals surface area contributed by atoms with Crippen molar-refractivity contribution in [3.05, 3.63) is 29.1 Å². The minimum absolute atomic E-state index is 0.245. The normalized spacial score (nSPS) is 11.5. The summed E-state index contributed by atoms with van der Waals surface area (Å²) in [5.74, 6) is -0.602. The van der Waals surface area contributed by atoms with Crippen LogP contribution in [0.2, 0.25) is 0 Å². The number of anilines is 2. The molecule has 108 valence electrons. The van der Waals surface area contributed by atoms with Crippen LogP contribution in [-0.2, 0) is 0 Å². The Bertz CT molecular complexity index is 1090. The fourth-order valence-corrected chi connectivity index (χ4v) is 3.38. The molecule has 4 rings (SSSR count). The van der Waals surface area contributed by atoms with Crippen molar-refractivity contribution in [2.24, 2.45) is 5.73 Å². The van der Waals surface area contributed by atoms with Gasteiger partial charge in [0.2, 0.25) is 0 Å². The molecule has 0 radical (unpaired) electrons. The van der Waals surface area contributed by atoms with E-state index in [-0.39, 0.29) is 10.6 Å². The summed E-state index contributed by atoms with van der Waals surface area (Å²) in [7, 11) is 0. The summed E-state index contributed by atoms with van der Waals surface area (Å²) in [6.07, 6.45) is 0.